The van der Waals surface area contributed by atoms with Gasteiger partial charge in [-0.3, -0.25) is 0 Å². The van der Waals surface area contributed by atoms with Crippen LogP contribution in [0.5, 0.6) is 0 Å². The highest BCUT2D eigenvalue weighted by Gasteiger charge is 2.27. The van der Waals surface area contributed by atoms with Gasteiger partial charge >= 0.3 is 0 Å². The predicted octanol–water partition coefficient (Wildman–Crippen LogP) is 4.99. The molecule has 2 rings (SSSR count). The van der Waals surface area contributed by atoms with Gasteiger partial charge in [0.05, 0.1) is 0 Å². The Labute approximate surface area is 113 Å². The van der Waals surface area contributed by atoms with Crippen LogP contribution < -0.4 is 5.32 Å². The molecule has 0 aliphatic heterocycles. The third kappa shape index (κ3) is 2.85. The minimum atomic E-state index is 0.613. The zero-order valence-electron chi connectivity index (χ0n) is 11.0. The van der Waals surface area contributed by atoms with E-state index in [0.717, 1.165) is 11.8 Å². The lowest BCUT2D eigenvalue weighted by Gasteiger charge is -2.36. The van der Waals surface area contributed by atoms with Gasteiger partial charge in [0, 0.05) is 16.2 Å². The standard InChI is InChI=1S/C15H22BrN/c1-10-6-5-9-13(14(10)16)17-15-11(2)7-4-8-12(15)3/h5-6,9,11-12,15,17H,4,7-8H2,1-3H3. The normalized spacial score (nSPS) is 29.1. The third-order valence-corrected chi connectivity index (χ3v) is 5.11. The van der Waals surface area contributed by atoms with Gasteiger partial charge in [-0.25, -0.2) is 0 Å². The summed E-state index contributed by atoms with van der Waals surface area (Å²) >= 11 is 3.68. The van der Waals surface area contributed by atoms with Crippen molar-refractivity contribution in [2.45, 2.75) is 46.1 Å². The van der Waals surface area contributed by atoms with Crippen LogP contribution in [0.4, 0.5) is 5.69 Å². The van der Waals surface area contributed by atoms with Crippen molar-refractivity contribution in [2.75, 3.05) is 5.32 Å². The van der Waals surface area contributed by atoms with E-state index in [1.54, 1.807) is 0 Å². The Morgan fingerprint density at radius 2 is 1.82 bits per heavy atom. The Morgan fingerprint density at radius 1 is 1.18 bits per heavy atom. The molecule has 0 aromatic heterocycles. The van der Waals surface area contributed by atoms with E-state index in [0.29, 0.717) is 6.04 Å². The summed E-state index contributed by atoms with van der Waals surface area (Å²) in [5.41, 5.74) is 2.54. The van der Waals surface area contributed by atoms with Crippen molar-refractivity contribution in [2.24, 2.45) is 11.8 Å². The van der Waals surface area contributed by atoms with Gasteiger partial charge in [-0.1, -0.05) is 32.4 Å². The van der Waals surface area contributed by atoms with Crippen molar-refractivity contribution < 1.29 is 0 Å². The Hall–Kier alpha value is -0.500. The molecule has 1 nitrogen and oxygen atoms in total. The molecule has 2 unspecified atom stereocenters. The fourth-order valence-corrected chi connectivity index (χ4v) is 3.28. The molecule has 1 aliphatic rings. The predicted molar refractivity (Wildman–Crippen MR) is 78.5 cm³/mol. The van der Waals surface area contributed by atoms with Crippen LogP contribution in [0, 0.1) is 18.8 Å². The highest BCUT2D eigenvalue weighted by atomic mass is 79.9. The van der Waals surface area contributed by atoms with Gasteiger partial charge < -0.3 is 5.32 Å². The van der Waals surface area contributed by atoms with Crippen LogP contribution in [0.3, 0.4) is 0 Å². The summed E-state index contributed by atoms with van der Waals surface area (Å²) < 4.78 is 1.21. The third-order valence-electron chi connectivity index (χ3n) is 4.06. The molecule has 0 saturated heterocycles. The Balaban J connectivity index is 2.16. The number of hydrogen-bond donors (Lipinski definition) is 1. The van der Waals surface area contributed by atoms with Crippen LogP contribution in [0.2, 0.25) is 0 Å². The van der Waals surface area contributed by atoms with Crippen LogP contribution in [-0.4, -0.2) is 6.04 Å². The van der Waals surface area contributed by atoms with Gasteiger partial charge in [0.25, 0.3) is 0 Å². The zero-order chi connectivity index (χ0) is 12.4. The average Bonchev–Trinajstić information content (AvgIpc) is 2.29. The Kier molecular flexibility index (Phi) is 4.13. The van der Waals surface area contributed by atoms with Crippen molar-refractivity contribution >= 4 is 21.6 Å². The number of nitrogens with one attached hydrogen (secondary N) is 1. The summed E-state index contributed by atoms with van der Waals surface area (Å²) in [5, 5.41) is 3.74. The van der Waals surface area contributed by atoms with E-state index in [2.05, 4.69) is 60.2 Å². The van der Waals surface area contributed by atoms with Crippen molar-refractivity contribution in [3.63, 3.8) is 0 Å². The van der Waals surface area contributed by atoms with Crippen LogP contribution in [0.25, 0.3) is 0 Å². The molecular formula is C15H22BrN. The molecule has 0 bridgehead atoms. The lowest BCUT2D eigenvalue weighted by molar-refractivity contribution is 0.268. The highest BCUT2D eigenvalue weighted by Crippen LogP contribution is 2.34. The number of benzene rings is 1. The van der Waals surface area contributed by atoms with Crippen LogP contribution in [0.1, 0.15) is 38.7 Å². The molecule has 1 aromatic carbocycles. The molecule has 1 saturated carbocycles. The number of anilines is 1. The average molecular weight is 296 g/mol. The summed E-state index contributed by atoms with van der Waals surface area (Å²) in [6, 6.07) is 7.05. The fraction of sp³-hybridized carbons (Fsp3) is 0.600. The van der Waals surface area contributed by atoms with Gasteiger partial charge in [-0.05, 0) is 59.2 Å². The molecule has 94 valence electrons. The topological polar surface area (TPSA) is 12.0 Å². The number of hydrogen-bond acceptors (Lipinski definition) is 1. The maximum atomic E-state index is 3.74. The molecule has 1 aliphatic carbocycles. The smallest absolute Gasteiger partial charge is 0.0489 e. The van der Waals surface area contributed by atoms with Gasteiger partial charge in [-0.15, -0.1) is 0 Å². The molecule has 17 heavy (non-hydrogen) atoms. The first-order valence-corrected chi connectivity index (χ1v) is 7.40. The lowest BCUT2D eigenvalue weighted by atomic mass is 9.78. The molecule has 0 spiro atoms. The van der Waals surface area contributed by atoms with Crippen molar-refractivity contribution in [1.29, 1.82) is 0 Å². The second kappa shape index (κ2) is 5.43. The first-order valence-electron chi connectivity index (χ1n) is 6.61. The summed E-state index contributed by atoms with van der Waals surface area (Å²) in [4.78, 5) is 0. The van der Waals surface area contributed by atoms with Gasteiger partial charge in [-0.2, -0.15) is 0 Å². The van der Waals surface area contributed by atoms with Crippen molar-refractivity contribution in [1.82, 2.24) is 0 Å². The summed E-state index contributed by atoms with van der Waals surface area (Å²) in [7, 11) is 0. The maximum absolute atomic E-state index is 3.74. The first-order chi connectivity index (χ1) is 8.09. The van der Waals surface area contributed by atoms with E-state index in [9.17, 15) is 0 Å². The van der Waals surface area contributed by atoms with Crippen LogP contribution in [0.15, 0.2) is 22.7 Å². The number of rotatable bonds is 2. The SMILES string of the molecule is Cc1cccc(NC2C(C)CCCC2C)c1Br. The lowest BCUT2D eigenvalue weighted by Crippen LogP contribution is -2.37. The molecular weight excluding hydrogens is 274 g/mol. The quantitative estimate of drug-likeness (QED) is 0.810. The molecule has 0 heterocycles. The number of aryl methyl sites for hydroxylation is 1. The molecule has 1 N–H and O–H groups in total. The van der Waals surface area contributed by atoms with Gasteiger partial charge in [0.1, 0.15) is 0 Å². The van der Waals surface area contributed by atoms with Crippen LogP contribution >= 0.6 is 15.9 Å². The van der Waals surface area contributed by atoms with Crippen molar-refractivity contribution in [3.05, 3.63) is 28.2 Å². The second-order valence-corrected chi connectivity index (χ2v) is 6.29. The van der Waals surface area contributed by atoms with E-state index in [1.807, 2.05) is 0 Å². The molecule has 2 atom stereocenters. The first kappa shape index (κ1) is 12.9. The van der Waals surface area contributed by atoms with E-state index in [4.69, 9.17) is 0 Å². The van der Waals surface area contributed by atoms with E-state index >= 15 is 0 Å². The van der Waals surface area contributed by atoms with Crippen LogP contribution in [-0.2, 0) is 0 Å². The van der Waals surface area contributed by atoms with E-state index in [-0.39, 0.29) is 0 Å². The monoisotopic (exact) mass is 295 g/mol. The maximum Gasteiger partial charge on any atom is 0.0489 e. The number of halogens is 1. The largest absolute Gasteiger partial charge is 0.381 e. The van der Waals surface area contributed by atoms with Gasteiger partial charge in [0.2, 0.25) is 0 Å². The fourth-order valence-electron chi connectivity index (χ4n) is 2.90. The summed E-state index contributed by atoms with van der Waals surface area (Å²) in [6.45, 7) is 6.89. The molecule has 1 fully saturated rings. The minimum Gasteiger partial charge on any atom is -0.381 e. The Bertz CT molecular complexity index is 379. The summed E-state index contributed by atoms with van der Waals surface area (Å²) in [6.07, 6.45) is 4.09. The molecule has 2 heteroatoms. The Morgan fingerprint density at radius 3 is 2.47 bits per heavy atom. The van der Waals surface area contributed by atoms with Gasteiger partial charge in [0.15, 0.2) is 0 Å². The molecule has 1 aromatic rings. The van der Waals surface area contributed by atoms with Crippen molar-refractivity contribution in [3.8, 4) is 0 Å². The molecule has 0 amide bonds. The van der Waals surface area contributed by atoms with E-state index in [1.165, 1.54) is 35.0 Å². The molecule has 0 radical (unpaired) electrons. The zero-order valence-corrected chi connectivity index (χ0v) is 12.5. The van der Waals surface area contributed by atoms with E-state index < -0.39 is 0 Å². The second-order valence-electron chi connectivity index (χ2n) is 5.49. The minimum absolute atomic E-state index is 0.613. The summed E-state index contributed by atoms with van der Waals surface area (Å²) in [5.74, 6) is 1.54. The highest BCUT2D eigenvalue weighted by molar-refractivity contribution is 9.10.